The van der Waals surface area contributed by atoms with E-state index in [-0.39, 0.29) is 78.5 Å². The molecule has 66 heavy (non-hydrogen) atoms. The summed E-state index contributed by atoms with van der Waals surface area (Å²) in [5.74, 6) is -0.604. The lowest BCUT2D eigenvalue weighted by Crippen LogP contribution is -2.47. The summed E-state index contributed by atoms with van der Waals surface area (Å²) in [6.45, 7) is 46.1. The van der Waals surface area contributed by atoms with Gasteiger partial charge in [-0.3, -0.25) is 19.2 Å². The van der Waals surface area contributed by atoms with Gasteiger partial charge in [0.15, 0.2) is 25.2 Å². The van der Waals surface area contributed by atoms with Crippen LogP contribution in [0.5, 0.6) is 0 Å². The predicted octanol–water partition coefficient (Wildman–Crippen LogP) is 8.20. The maximum absolute atomic E-state index is 11.7. The Morgan fingerprint density at radius 2 is 0.712 bits per heavy atom. The Kier molecular flexibility index (Phi) is 43.6. The molecule has 0 saturated carbocycles. The number of hydrogen-bond donors (Lipinski definition) is 4. The molecule has 388 valence electrons. The van der Waals surface area contributed by atoms with Gasteiger partial charge in [0.2, 0.25) is 23.6 Å². The van der Waals surface area contributed by atoms with Crippen molar-refractivity contribution in [3.8, 4) is 0 Å². The van der Waals surface area contributed by atoms with Crippen molar-refractivity contribution in [3.05, 3.63) is 48.6 Å². The molecule has 4 atom stereocenters. The van der Waals surface area contributed by atoms with Crippen molar-refractivity contribution >= 4 is 23.6 Å². The third kappa shape index (κ3) is 35.7. The maximum Gasteiger partial charge on any atom is 0.246 e. The highest BCUT2D eigenvalue weighted by molar-refractivity contribution is 5.93. The number of methoxy groups -OCH3 is 2. The molecular formula is C50H96N4O12. The fraction of sp³-hybridized carbons (Fsp3) is 0.760. The second kappa shape index (κ2) is 41.7. The molecule has 4 N–H and O–H groups in total. The molecule has 0 fully saturated rings. The van der Waals surface area contributed by atoms with Crippen molar-refractivity contribution in [3.63, 3.8) is 0 Å². The Labute approximate surface area is 401 Å². The van der Waals surface area contributed by atoms with Crippen molar-refractivity contribution in [1.82, 2.24) is 21.3 Å². The molecule has 0 aliphatic rings. The molecule has 0 rings (SSSR count). The predicted molar refractivity (Wildman–Crippen MR) is 265 cm³/mol. The van der Waals surface area contributed by atoms with Crippen molar-refractivity contribution < 1.29 is 57.1 Å². The number of hydrogen-bond acceptors (Lipinski definition) is 12. The summed E-state index contributed by atoms with van der Waals surface area (Å²) in [6.07, 6.45) is 4.77. The second-order valence-electron chi connectivity index (χ2n) is 16.4. The number of allylic oxidation sites excluding steroid dienone is 1. The average Bonchev–Trinajstić information content (AvgIpc) is 3.23. The van der Waals surface area contributed by atoms with Crippen LogP contribution in [0.3, 0.4) is 0 Å². The topological polar surface area (TPSA) is 190 Å². The molecule has 4 amide bonds. The van der Waals surface area contributed by atoms with Crippen LogP contribution >= 0.6 is 0 Å². The fourth-order valence-corrected chi connectivity index (χ4v) is 5.26. The lowest BCUT2D eigenvalue weighted by Gasteiger charge is -2.30. The standard InChI is InChI=1S/2C14H27NO3.C12H23NO3.C10H19NO3/c1-8-12(15-13(16)9(2)3)14(17-10(4)5)18-11(6)7;1-7-9-13(16)15-12(8-2)14(17-10(3)4)18-11(5)6;1-6-10(13-11(14)9(4)5)12(15-7-2)16-8-3;1-6-8(10(13-4)14-5)11-9(12)7(2)3/h10-12,14H,2,8H2,1,3-7H3,(H,15,16);7,9-12,14H,8H2,1-6H3,(H,15,16);10,12H,4,6-8H2,1-3,5H3,(H,13,14);8,10H,2,6H2,1,3-5H3,(H,11,12)/b;9-7+;;. The molecule has 16 heteroatoms. The number of ether oxygens (including phenoxy) is 8. The minimum Gasteiger partial charge on any atom is -0.354 e. The van der Waals surface area contributed by atoms with E-state index in [1.807, 2.05) is 104 Å². The SMILES string of the molecule is C/C=C/C(=O)NC(CC)C(OC(C)C)OC(C)C.C=C(C)C(=O)NC(CC)C(OC(C)C)OC(C)C.C=C(C)C(=O)NC(CC)C(OC)OC.C=C(C)C(=O)NC(CC)C(OCC)OCC. The van der Waals surface area contributed by atoms with E-state index in [4.69, 9.17) is 37.9 Å². The number of rotatable bonds is 30. The normalized spacial score (nSPS) is 13.1. The van der Waals surface area contributed by atoms with Crippen LogP contribution in [0.2, 0.25) is 0 Å². The molecule has 0 aromatic rings. The molecule has 0 saturated heterocycles. The van der Waals surface area contributed by atoms with Crippen LogP contribution < -0.4 is 21.3 Å². The van der Waals surface area contributed by atoms with E-state index >= 15 is 0 Å². The summed E-state index contributed by atoms with van der Waals surface area (Å²) >= 11 is 0. The van der Waals surface area contributed by atoms with Crippen LogP contribution in [0, 0.1) is 0 Å². The number of carbonyl (C=O) groups excluding carboxylic acids is 4. The van der Waals surface area contributed by atoms with E-state index in [1.165, 1.54) is 6.08 Å². The van der Waals surface area contributed by atoms with Gasteiger partial charge in [-0.05, 0) is 129 Å². The lowest BCUT2D eigenvalue weighted by atomic mass is 10.2. The van der Waals surface area contributed by atoms with Gasteiger partial charge in [0, 0.05) is 44.2 Å². The van der Waals surface area contributed by atoms with Gasteiger partial charge in [-0.1, -0.05) is 53.5 Å². The monoisotopic (exact) mass is 945 g/mol. The third-order valence-corrected chi connectivity index (χ3v) is 8.58. The highest BCUT2D eigenvalue weighted by Gasteiger charge is 2.27. The van der Waals surface area contributed by atoms with Gasteiger partial charge < -0.3 is 59.2 Å². The molecule has 0 aromatic carbocycles. The number of carbonyl (C=O) groups is 4. The summed E-state index contributed by atoms with van der Waals surface area (Å²) in [7, 11) is 3.09. The number of nitrogens with one attached hydrogen (secondary N) is 4. The molecule has 4 unspecified atom stereocenters. The van der Waals surface area contributed by atoms with Crippen molar-refractivity contribution in [2.75, 3.05) is 27.4 Å². The van der Waals surface area contributed by atoms with E-state index < -0.39 is 18.9 Å². The quantitative estimate of drug-likeness (QED) is 0.0400. The Bertz CT molecular complexity index is 1340. The van der Waals surface area contributed by atoms with Crippen molar-refractivity contribution in [2.45, 2.75) is 224 Å². The summed E-state index contributed by atoms with van der Waals surface area (Å²) in [6, 6.07) is -0.587. The molecule has 16 nitrogen and oxygen atoms in total. The van der Waals surface area contributed by atoms with Gasteiger partial charge in [-0.15, -0.1) is 0 Å². The Morgan fingerprint density at radius 1 is 0.455 bits per heavy atom. The van der Waals surface area contributed by atoms with E-state index in [0.29, 0.717) is 29.9 Å². The Balaban J connectivity index is -0.000000390. The average molecular weight is 945 g/mol. The van der Waals surface area contributed by atoms with Crippen LogP contribution in [0.4, 0.5) is 0 Å². The molecule has 0 bridgehead atoms. The number of amides is 4. The zero-order valence-corrected chi connectivity index (χ0v) is 44.8. The Hall–Kier alpha value is -3.48. The summed E-state index contributed by atoms with van der Waals surface area (Å²) in [5.41, 5.74) is 1.46. The second-order valence-corrected chi connectivity index (χ2v) is 16.4. The molecule has 0 radical (unpaired) electrons. The first-order valence-corrected chi connectivity index (χ1v) is 23.5. The van der Waals surface area contributed by atoms with E-state index in [9.17, 15) is 19.2 Å². The van der Waals surface area contributed by atoms with Gasteiger partial charge in [-0.2, -0.15) is 0 Å². The van der Waals surface area contributed by atoms with Crippen LogP contribution in [-0.2, 0) is 57.1 Å². The highest BCUT2D eigenvalue weighted by Crippen LogP contribution is 2.14. The minimum absolute atomic E-state index is 0.0459. The van der Waals surface area contributed by atoms with Crippen molar-refractivity contribution in [2.24, 2.45) is 0 Å². The fourth-order valence-electron chi connectivity index (χ4n) is 5.26. The highest BCUT2D eigenvalue weighted by atomic mass is 16.7. The third-order valence-electron chi connectivity index (χ3n) is 8.58. The van der Waals surface area contributed by atoms with E-state index in [1.54, 1.807) is 41.1 Å². The molecule has 0 heterocycles. The van der Waals surface area contributed by atoms with E-state index in [2.05, 4.69) is 41.0 Å². The first kappa shape index (κ1) is 69.1. The first-order valence-electron chi connectivity index (χ1n) is 23.5. The van der Waals surface area contributed by atoms with Gasteiger partial charge in [-0.25, -0.2) is 0 Å². The molecule has 0 aromatic heterocycles. The summed E-state index contributed by atoms with van der Waals surface area (Å²) < 4.78 is 44.0. The lowest BCUT2D eigenvalue weighted by molar-refractivity contribution is -0.196. The maximum atomic E-state index is 11.7. The van der Waals surface area contributed by atoms with Crippen LogP contribution in [0.15, 0.2) is 48.6 Å². The Morgan fingerprint density at radius 3 is 0.924 bits per heavy atom. The summed E-state index contributed by atoms with van der Waals surface area (Å²) in [4.78, 5) is 46.1. The summed E-state index contributed by atoms with van der Waals surface area (Å²) in [5, 5.41) is 11.4. The minimum atomic E-state index is -0.432. The van der Waals surface area contributed by atoms with Gasteiger partial charge in [0.05, 0.1) is 48.6 Å². The van der Waals surface area contributed by atoms with Crippen LogP contribution in [0.25, 0.3) is 0 Å². The zero-order valence-electron chi connectivity index (χ0n) is 44.8. The largest absolute Gasteiger partial charge is 0.354 e. The molecular weight excluding hydrogens is 849 g/mol. The van der Waals surface area contributed by atoms with Gasteiger partial charge >= 0.3 is 0 Å². The smallest absolute Gasteiger partial charge is 0.246 e. The van der Waals surface area contributed by atoms with Crippen LogP contribution in [-0.4, -0.2) is 125 Å². The molecule has 0 aliphatic heterocycles. The first-order chi connectivity index (χ1) is 30.8. The van der Waals surface area contributed by atoms with Gasteiger partial charge in [0.1, 0.15) is 0 Å². The van der Waals surface area contributed by atoms with Crippen LogP contribution in [0.1, 0.15) is 150 Å². The van der Waals surface area contributed by atoms with E-state index in [0.717, 1.165) is 25.7 Å². The zero-order chi connectivity index (χ0) is 52.1. The molecule has 0 aliphatic carbocycles. The van der Waals surface area contributed by atoms with Gasteiger partial charge in [0.25, 0.3) is 0 Å². The molecule has 0 spiro atoms. The van der Waals surface area contributed by atoms with Crippen molar-refractivity contribution in [1.29, 1.82) is 0 Å².